The smallest absolute Gasteiger partial charge is 0.287 e. The van der Waals surface area contributed by atoms with E-state index >= 15 is 0 Å². The summed E-state index contributed by atoms with van der Waals surface area (Å²) in [5, 5.41) is 19.1. The van der Waals surface area contributed by atoms with E-state index in [4.69, 9.17) is 11.6 Å². The number of hydrogen-bond acceptors (Lipinski definition) is 11. The van der Waals surface area contributed by atoms with Crippen molar-refractivity contribution < 1.29 is 28.3 Å². The van der Waals surface area contributed by atoms with Crippen molar-refractivity contribution in [1.29, 1.82) is 0 Å². The van der Waals surface area contributed by atoms with Gasteiger partial charge in [-0.15, -0.1) is 0 Å². The van der Waals surface area contributed by atoms with Gasteiger partial charge in [0.05, 0.1) is 29.2 Å². The highest BCUT2D eigenvalue weighted by Crippen LogP contribution is 2.30. The number of aliphatic imine (C=N–C) groups is 1. The Morgan fingerprint density at radius 3 is 2.51 bits per heavy atom. The lowest BCUT2D eigenvalue weighted by molar-refractivity contribution is -0.139. The van der Waals surface area contributed by atoms with Crippen LogP contribution in [0.2, 0.25) is 0 Å². The number of aryl methyl sites for hydroxylation is 2. The molecule has 2 aromatic heterocycles. The first-order chi connectivity index (χ1) is 26.3. The second kappa shape index (κ2) is 19.1. The molecule has 5 rings (SSSR count). The second-order valence-electron chi connectivity index (χ2n) is 13.2. The van der Waals surface area contributed by atoms with E-state index in [9.17, 15) is 28.3 Å². The van der Waals surface area contributed by atoms with Crippen LogP contribution in [0, 0.1) is 6.92 Å². The molecule has 0 spiro atoms. The zero-order valence-corrected chi connectivity index (χ0v) is 33.2. The zero-order chi connectivity index (χ0) is 40.4. The van der Waals surface area contributed by atoms with E-state index in [-0.39, 0.29) is 73.2 Å². The molecule has 15 nitrogen and oxygen atoms in total. The van der Waals surface area contributed by atoms with Crippen LogP contribution in [-0.4, -0.2) is 114 Å². The number of alkyl halides is 2. The summed E-state index contributed by atoms with van der Waals surface area (Å²) >= 11 is 6.31. The predicted molar refractivity (Wildman–Crippen MR) is 205 cm³/mol. The van der Waals surface area contributed by atoms with Crippen molar-refractivity contribution in [2.75, 3.05) is 39.4 Å². The lowest BCUT2D eigenvalue weighted by Crippen LogP contribution is -2.59. The fourth-order valence-electron chi connectivity index (χ4n) is 6.62. The number of nitrogens with one attached hydrogen (secondary N) is 2. The molecule has 3 aliphatic rings. The Labute approximate surface area is 325 Å². The molecule has 0 aromatic carbocycles. The largest absolute Gasteiger partial charge is 0.504 e. The van der Waals surface area contributed by atoms with Gasteiger partial charge in [-0.2, -0.15) is 5.10 Å². The maximum absolute atomic E-state index is 14.4. The molecule has 1 fully saturated rings. The number of fused-ring (bicyclic) bond motifs is 1. The van der Waals surface area contributed by atoms with Gasteiger partial charge in [-0.05, 0) is 53.2 Å². The van der Waals surface area contributed by atoms with Crippen molar-refractivity contribution in [3.05, 3.63) is 69.4 Å². The lowest BCUT2D eigenvalue weighted by atomic mass is 10.1. The number of aromatic hydroxyl groups is 1. The number of allylic oxidation sites excluding steroid dienone is 4. The molecule has 5 heterocycles. The summed E-state index contributed by atoms with van der Waals surface area (Å²) in [5.41, 5.74) is 6.38. The van der Waals surface area contributed by atoms with Gasteiger partial charge in [-0.1, -0.05) is 44.5 Å². The van der Waals surface area contributed by atoms with E-state index in [1.54, 1.807) is 29.8 Å². The average molecular weight is 788 g/mol. The minimum Gasteiger partial charge on any atom is -0.504 e. The third-order valence-electron chi connectivity index (χ3n) is 9.40. The van der Waals surface area contributed by atoms with Gasteiger partial charge in [-0.25, -0.2) is 24.2 Å². The normalized spacial score (nSPS) is 17.4. The number of carbonyl (C=O) groups excluding carboxylic acids is 3. The zero-order valence-electron chi connectivity index (χ0n) is 32.4. The highest BCUT2D eigenvalue weighted by atomic mass is 35.5. The molecule has 0 aliphatic carbocycles. The number of rotatable bonds is 13. The number of carbonyl (C=O) groups is 3. The van der Waals surface area contributed by atoms with E-state index < -0.39 is 30.3 Å². The lowest BCUT2D eigenvalue weighted by Gasteiger charge is -2.45. The van der Waals surface area contributed by atoms with Gasteiger partial charge in [0, 0.05) is 56.1 Å². The standard InChI is InChI=1S/C35H46ClF2N11O4.C2H6/c1-6-25(24(36)11-12-35(4,37)38)43-28(50)19-47-21-49(44-32(39-5)23-18-42-48-13-9-8-10-27(23)48)34(53)30(26(47)7-2)45-14-16-46(17-15-45)33(52)29-31(51)22(3)40-20-41-29;1-2/h6,11,18,20,32,44,51H,5,7-10,12-17,19,21H2,1-4H3,(H,43,50);1-2H3/b24-11+,25-6+;. The van der Waals surface area contributed by atoms with Crippen LogP contribution >= 0.6 is 11.6 Å². The molecule has 1 saturated heterocycles. The molecule has 2 aromatic rings. The molecule has 55 heavy (non-hydrogen) atoms. The van der Waals surface area contributed by atoms with E-state index in [2.05, 4.69) is 37.5 Å². The fourth-order valence-corrected chi connectivity index (χ4v) is 6.86. The summed E-state index contributed by atoms with van der Waals surface area (Å²) in [4.78, 5) is 58.7. The Balaban J connectivity index is 0.00000331. The first-order valence-electron chi connectivity index (χ1n) is 18.6. The number of amides is 3. The molecular formula is C37H52ClF2N11O4. The van der Waals surface area contributed by atoms with E-state index in [0.29, 0.717) is 17.8 Å². The van der Waals surface area contributed by atoms with Crippen LogP contribution in [0.15, 0.2) is 51.8 Å². The predicted octanol–water partition coefficient (Wildman–Crippen LogP) is 4.62. The molecule has 0 radical (unpaired) electrons. The Hall–Kier alpha value is -4.90. The fraction of sp³-hybridized carbons (Fsp3) is 0.541. The number of piperazine rings is 1. The van der Waals surface area contributed by atoms with Crippen molar-refractivity contribution in [2.24, 2.45) is 4.99 Å². The molecule has 18 heteroatoms. The SMILES string of the molecule is C=NC(NN1CN(CC(=O)NC(=C/C)/C(Cl)=C\CC(C)(F)F)C(CC)=C(N2CCN(C(=O)c3ncnc(C)c3O)CC2)C1=O)c1cnn2c1CCCC2.CC. The van der Waals surface area contributed by atoms with Gasteiger partial charge < -0.3 is 25.1 Å². The number of hydrogen-bond donors (Lipinski definition) is 3. The summed E-state index contributed by atoms with van der Waals surface area (Å²) in [6.07, 6.45) is 7.54. The average Bonchev–Trinajstić information content (AvgIpc) is 3.61. The van der Waals surface area contributed by atoms with Crippen LogP contribution in [0.3, 0.4) is 0 Å². The summed E-state index contributed by atoms with van der Waals surface area (Å²) < 4.78 is 29.0. The molecule has 0 bridgehead atoms. The highest BCUT2D eigenvalue weighted by Gasteiger charge is 2.38. The van der Waals surface area contributed by atoms with Crippen LogP contribution in [0.1, 0.15) is 93.9 Å². The van der Waals surface area contributed by atoms with Crippen molar-refractivity contribution in [3.8, 4) is 5.75 Å². The Bertz CT molecular complexity index is 1820. The number of nitrogens with zero attached hydrogens (tertiary/aromatic N) is 9. The molecule has 3 aliphatic heterocycles. The van der Waals surface area contributed by atoms with Crippen molar-refractivity contribution in [1.82, 2.24) is 50.2 Å². The van der Waals surface area contributed by atoms with Gasteiger partial charge in [0.2, 0.25) is 11.8 Å². The minimum atomic E-state index is -2.97. The monoisotopic (exact) mass is 787 g/mol. The maximum Gasteiger partial charge on any atom is 0.287 e. The Kier molecular flexibility index (Phi) is 14.9. The van der Waals surface area contributed by atoms with Crippen LogP contribution in [0.5, 0.6) is 5.75 Å². The summed E-state index contributed by atoms with van der Waals surface area (Å²) in [7, 11) is 0. The Morgan fingerprint density at radius 2 is 1.87 bits per heavy atom. The van der Waals surface area contributed by atoms with Gasteiger partial charge >= 0.3 is 0 Å². The molecule has 3 amide bonds. The molecule has 1 unspecified atom stereocenters. The molecule has 1 atom stereocenters. The topological polar surface area (TPSA) is 164 Å². The first-order valence-corrected chi connectivity index (χ1v) is 18.9. The third kappa shape index (κ3) is 10.2. The van der Waals surface area contributed by atoms with Gasteiger partial charge in [-0.3, -0.25) is 29.1 Å². The second-order valence-corrected chi connectivity index (χ2v) is 13.6. The van der Waals surface area contributed by atoms with E-state index in [1.807, 2.05) is 30.4 Å². The summed E-state index contributed by atoms with van der Waals surface area (Å²) in [5.74, 6) is -4.53. The number of hydrazine groups is 1. The van der Waals surface area contributed by atoms with Crippen LogP contribution in [0.25, 0.3) is 0 Å². The molecule has 3 N–H and O–H groups in total. The van der Waals surface area contributed by atoms with Crippen LogP contribution in [0.4, 0.5) is 8.78 Å². The maximum atomic E-state index is 14.4. The number of aromatic nitrogens is 4. The van der Waals surface area contributed by atoms with Crippen molar-refractivity contribution in [3.63, 3.8) is 0 Å². The van der Waals surface area contributed by atoms with Gasteiger partial charge in [0.1, 0.15) is 24.9 Å². The number of halogens is 3. The Morgan fingerprint density at radius 1 is 1.16 bits per heavy atom. The van der Waals surface area contributed by atoms with Gasteiger partial charge in [0.25, 0.3) is 11.8 Å². The third-order valence-corrected chi connectivity index (χ3v) is 9.76. The van der Waals surface area contributed by atoms with Crippen LogP contribution in [-0.2, 0) is 22.6 Å². The van der Waals surface area contributed by atoms with Crippen molar-refractivity contribution >= 4 is 36.0 Å². The molecule has 300 valence electrons. The summed E-state index contributed by atoms with van der Waals surface area (Å²) in [6.45, 7) is 15.2. The molecule has 0 saturated carbocycles. The van der Waals surface area contributed by atoms with Crippen LogP contribution < -0.4 is 10.7 Å². The van der Waals surface area contributed by atoms with Crippen molar-refractivity contribution in [2.45, 2.75) is 92.3 Å². The van der Waals surface area contributed by atoms with E-state index in [0.717, 1.165) is 50.1 Å². The first kappa shape index (κ1) is 42.8. The highest BCUT2D eigenvalue weighted by molar-refractivity contribution is 6.32. The molecular weight excluding hydrogens is 736 g/mol. The minimum absolute atomic E-state index is 0.0197. The van der Waals surface area contributed by atoms with Gasteiger partial charge in [0.15, 0.2) is 11.4 Å². The quantitative estimate of drug-likeness (QED) is 0.193. The van der Waals surface area contributed by atoms with E-state index in [1.165, 1.54) is 17.4 Å². The summed E-state index contributed by atoms with van der Waals surface area (Å²) in [6, 6.07) is 0.